The lowest BCUT2D eigenvalue weighted by Gasteiger charge is -2.28. The highest BCUT2D eigenvalue weighted by Crippen LogP contribution is 2.62. The summed E-state index contributed by atoms with van der Waals surface area (Å²) in [7, 11) is 1.38. The van der Waals surface area contributed by atoms with E-state index in [1.165, 1.54) is 12.7 Å². The van der Waals surface area contributed by atoms with E-state index in [0.29, 0.717) is 18.9 Å². The molecule has 1 aliphatic heterocycles. The molecule has 0 radical (unpaired) electrons. The average Bonchev–Trinajstić information content (AvgIpc) is 3.24. The molecule has 5 atom stereocenters. The van der Waals surface area contributed by atoms with Crippen LogP contribution in [0, 0.1) is 23.2 Å². The van der Waals surface area contributed by atoms with E-state index in [4.69, 9.17) is 9.47 Å². The van der Waals surface area contributed by atoms with Crippen molar-refractivity contribution >= 4 is 12.1 Å². The summed E-state index contributed by atoms with van der Waals surface area (Å²) >= 11 is 0. The molecule has 1 aliphatic carbocycles. The molecule has 5 heteroatoms. The zero-order chi connectivity index (χ0) is 22.8. The summed E-state index contributed by atoms with van der Waals surface area (Å²) in [4.78, 5) is 27.3. The van der Waals surface area contributed by atoms with Crippen LogP contribution in [0.2, 0.25) is 0 Å². The van der Waals surface area contributed by atoms with Crippen LogP contribution in [-0.2, 0) is 20.7 Å². The van der Waals surface area contributed by atoms with Gasteiger partial charge in [0.05, 0.1) is 7.11 Å². The number of carbonyl (C=O) groups is 2. The van der Waals surface area contributed by atoms with Crippen LogP contribution in [0.25, 0.3) is 0 Å². The number of allylic oxidation sites excluding steroid dienone is 1. The number of carbonyl (C=O) groups excluding carboxylic acids is 2. The molecule has 3 rings (SSSR count). The van der Waals surface area contributed by atoms with Crippen LogP contribution in [-0.4, -0.2) is 42.3 Å². The summed E-state index contributed by atoms with van der Waals surface area (Å²) in [6.45, 7) is 12.3. The maximum Gasteiger partial charge on any atom is 0.411 e. The Morgan fingerprint density at radius 2 is 1.94 bits per heavy atom. The molecule has 0 bridgehead atoms. The van der Waals surface area contributed by atoms with Crippen molar-refractivity contribution in [3.63, 3.8) is 0 Å². The van der Waals surface area contributed by atoms with Crippen LogP contribution in [0.4, 0.5) is 4.79 Å². The zero-order valence-electron chi connectivity index (χ0n) is 19.6. The van der Waals surface area contributed by atoms with E-state index in [9.17, 15) is 9.59 Å². The summed E-state index contributed by atoms with van der Waals surface area (Å²) in [5.74, 6) is 0.337. The Balaban J connectivity index is 1.78. The van der Waals surface area contributed by atoms with Gasteiger partial charge < -0.3 is 9.47 Å². The van der Waals surface area contributed by atoms with Crippen molar-refractivity contribution in [2.45, 2.75) is 65.0 Å². The molecule has 0 aromatic heterocycles. The topological polar surface area (TPSA) is 55.8 Å². The fourth-order valence-corrected chi connectivity index (χ4v) is 5.27. The van der Waals surface area contributed by atoms with Gasteiger partial charge in [-0.3, -0.25) is 4.90 Å². The van der Waals surface area contributed by atoms with Gasteiger partial charge in [0, 0.05) is 6.54 Å². The Kier molecular flexibility index (Phi) is 6.82. The number of aryl methyl sites for hydroxylation is 1. The third kappa shape index (κ3) is 5.31. The van der Waals surface area contributed by atoms with E-state index < -0.39 is 17.7 Å². The number of benzene rings is 1. The van der Waals surface area contributed by atoms with Crippen molar-refractivity contribution in [2.75, 3.05) is 13.7 Å². The molecule has 170 valence electrons. The fourth-order valence-electron chi connectivity index (χ4n) is 5.27. The molecule has 2 aliphatic rings. The van der Waals surface area contributed by atoms with Crippen LogP contribution in [0.15, 0.2) is 43.0 Å². The molecule has 0 N–H and O–H groups in total. The van der Waals surface area contributed by atoms with Crippen molar-refractivity contribution in [3.8, 4) is 0 Å². The molecule has 31 heavy (non-hydrogen) atoms. The summed E-state index contributed by atoms with van der Waals surface area (Å²) in [6, 6.07) is 9.93. The summed E-state index contributed by atoms with van der Waals surface area (Å²) in [5.41, 5.74) is 0.962. The zero-order valence-corrected chi connectivity index (χ0v) is 19.6. The van der Waals surface area contributed by atoms with Gasteiger partial charge in [-0.05, 0) is 75.2 Å². The standard InChI is InChI=1S/C26H37NO4/c1-7-11-19-20(21-16-26(21,5)15-14-18-12-9-8-10-13-18)17-27(22(19)23(28)30-6)24(29)31-25(2,3)4/h7-10,12-13,19-22H,1,11,14-17H2,2-6H3/t19-,20+,21?,22+,26?/m1/s1. The SMILES string of the molecule is C=CC[C@@H]1[C@@H](C2CC2(C)CCc2ccccc2)CN(C(=O)OC(C)(C)C)[C@@H]1C(=O)OC. The number of amides is 1. The molecule has 2 unspecified atom stereocenters. The normalized spacial score (nSPS) is 30.0. The van der Waals surface area contributed by atoms with Crippen LogP contribution >= 0.6 is 0 Å². The van der Waals surface area contributed by atoms with Gasteiger partial charge in [-0.1, -0.05) is 43.3 Å². The molecule has 1 heterocycles. The summed E-state index contributed by atoms with van der Waals surface area (Å²) in [6.07, 6.45) is 5.36. The van der Waals surface area contributed by atoms with Crippen molar-refractivity contribution in [3.05, 3.63) is 48.6 Å². The first-order valence-electron chi connectivity index (χ1n) is 11.3. The van der Waals surface area contributed by atoms with Gasteiger partial charge in [-0.15, -0.1) is 6.58 Å². The largest absolute Gasteiger partial charge is 0.467 e. The Morgan fingerprint density at radius 1 is 1.26 bits per heavy atom. The predicted octanol–water partition coefficient (Wildman–Crippen LogP) is 5.25. The van der Waals surface area contributed by atoms with Crippen LogP contribution in [0.1, 0.15) is 52.5 Å². The third-order valence-corrected chi connectivity index (χ3v) is 6.97. The van der Waals surface area contributed by atoms with Gasteiger partial charge >= 0.3 is 12.1 Å². The number of rotatable bonds is 7. The van der Waals surface area contributed by atoms with E-state index in [2.05, 4.69) is 37.8 Å². The first kappa shape index (κ1) is 23.4. The van der Waals surface area contributed by atoms with E-state index in [-0.39, 0.29) is 23.2 Å². The molecule has 2 fully saturated rings. The van der Waals surface area contributed by atoms with Gasteiger partial charge in [-0.2, -0.15) is 0 Å². The van der Waals surface area contributed by atoms with Crippen molar-refractivity contribution in [2.24, 2.45) is 23.2 Å². The van der Waals surface area contributed by atoms with Gasteiger partial charge in [0.25, 0.3) is 0 Å². The van der Waals surface area contributed by atoms with Gasteiger partial charge in [0.1, 0.15) is 11.6 Å². The second-order valence-electron chi connectivity index (χ2n) is 10.4. The minimum absolute atomic E-state index is 0.000943. The van der Waals surface area contributed by atoms with Gasteiger partial charge in [0.2, 0.25) is 0 Å². The smallest absolute Gasteiger partial charge is 0.411 e. The first-order chi connectivity index (χ1) is 14.6. The number of methoxy groups -OCH3 is 1. The molecular weight excluding hydrogens is 390 g/mol. The minimum atomic E-state index is -0.623. The van der Waals surface area contributed by atoms with E-state index in [0.717, 1.165) is 19.3 Å². The summed E-state index contributed by atoms with van der Waals surface area (Å²) in [5, 5.41) is 0. The molecule has 1 saturated carbocycles. The Labute approximate surface area is 186 Å². The molecule has 5 nitrogen and oxygen atoms in total. The minimum Gasteiger partial charge on any atom is -0.467 e. The third-order valence-electron chi connectivity index (χ3n) is 6.97. The van der Waals surface area contributed by atoms with E-state index in [1.807, 2.05) is 32.9 Å². The van der Waals surface area contributed by atoms with Crippen molar-refractivity contribution in [1.29, 1.82) is 0 Å². The van der Waals surface area contributed by atoms with E-state index >= 15 is 0 Å². The van der Waals surface area contributed by atoms with Crippen molar-refractivity contribution < 1.29 is 19.1 Å². The molecule has 1 aromatic rings. The van der Waals surface area contributed by atoms with Crippen LogP contribution in [0.5, 0.6) is 0 Å². The van der Waals surface area contributed by atoms with E-state index in [1.54, 1.807) is 4.90 Å². The molecule has 1 amide bonds. The molecule has 1 saturated heterocycles. The van der Waals surface area contributed by atoms with Crippen LogP contribution in [0.3, 0.4) is 0 Å². The summed E-state index contributed by atoms with van der Waals surface area (Å²) < 4.78 is 10.7. The van der Waals surface area contributed by atoms with Crippen molar-refractivity contribution in [1.82, 2.24) is 4.90 Å². The maximum atomic E-state index is 13.0. The highest BCUT2D eigenvalue weighted by atomic mass is 16.6. The number of ether oxygens (including phenoxy) is 2. The number of nitrogens with zero attached hydrogens (tertiary/aromatic N) is 1. The highest BCUT2D eigenvalue weighted by molar-refractivity contribution is 5.82. The monoisotopic (exact) mass is 427 g/mol. The second kappa shape index (κ2) is 9.05. The van der Waals surface area contributed by atoms with Gasteiger partial charge in [0.15, 0.2) is 0 Å². The Morgan fingerprint density at radius 3 is 2.52 bits per heavy atom. The fraction of sp³-hybridized carbons (Fsp3) is 0.615. The van der Waals surface area contributed by atoms with Crippen LogP contribution < -0.4 is 0 Å². The Hall–Kier alpha value is -2.30. The Bertz CT molecular complexity index is 799. The number of hydrogen-bond donors (Lipinski definition) is 0. The lowest BCUT2D eigenvalue weighted by atomic mass is 9.81. The highest BCUT2D eigenvalue weighted by Gasteiger charge is 2.60. The number of esters is 1. The molecular formula is C26H37NO4. The molecule has 1 aromatic carbocycles. The quantitative estimate of drug-likeness (QED) is 0.441. The second-order valence-corrected chi connectivity index (χ2v) is 10.4. The lowest BCUT2D eigenvalue weighted by molar-refractivity contribution is -0.147. The van der Waals surface area contributed by atoms with Gasteiger partial charge in [-0.25, -0.2) is 9.59 Å². The first-order valence-corrected chi connectivity index (χ1v) is 11.3. The maximum absolute atomic E-state index is 13.0. The lowest BCUT2D eigenvalue weighted by Crippen LogP contribution is -2.46. The predicted molar refractivity (Wildman–Crippen MR) is 122 cm³/mol. The molecule has 0 spiro atoms. The number of hydrogen-bond acceptors (Lipinski definition) is 4. The number of likely N-dealkylation sites (tertiary alicyclic amines) is 1. The average molecular weight is 428 g/mol.